The molecule has 2 rings (SSSR count). The van der Waals surface area contributed by atoms with Gasteiger partial charge in [0.2, 0.25) is 0 Å². The molecule has 7 heteroatoms. The van der Waals surface area contributed by atoms with Gasteiger partial charge in [0.15, 0.2) is 6.61 Å². The van der Waals surface area contributed by atoms with Crippen LogP contribution in [0.2, 0.25) is 0 Å². The van der Waals surface area contributed by atoms with Crippen molar-refractivity contribution in [2.75, 3.05) is 13.7 Å². The predicted octanol–water partition coefficient (Wildman–Crippen LogP) is 2.89. The van der Waals surface area contributed by atoms with E-state index in [1.807, 2.05) is 0 Å². The molecule has 0 bridgehead atoms. The summed E-state index contributed by atoms with van der Waals surface area (Å²) in [5, 5.41) is 3.75. The van der Waals surface area contributed by atoms with Gasteiger partial charge in [-0.3, -0.25) is 4.79 Å². The van der Waals surface area contributed by atoms with E-state index in [0.29, 0.717) is 11.5 Å². The lowest BCUT2D eigenvalue weighted by atomic mass is 10.1. The highest BCUT2D eigenvalue weighted by molar-refractivity contribution is 5.99. The number of rotatable bonds is 6. The van der Waals surface area contributed by atoms with Crippen molar-refractivity contribution in [2.24, 2.45) is 5.10 Å². The lowest BCUT2D eigenvalue weighted by molar-refractivity contribution is -0.123. The molecule has 0 saturated heterocycles. The summed E-state index contributed by atoms with van der Waals surface area (Å²) >= 11 is 0. The SMILES string of the molecule is COc1ccc(OCC(=O)N/N=C(/C)c2cc(F)ccc2F)cc1. The molecule has 126 valence electrons. The van der Waals surface area contributed by atoms with E-state index in [0.717, 1.165) is 18.2 Å². The molecule has 0 aromatic heterocycles. The zero-order valence-electron chi connectivity index (χ0n) is 13.2. The highest BCUT2D eigenvalue weighted by atomic mass is 19.1. The fraction of sp³-hybridized carbons (Fsp3) is 0.176. The molecule has 0 unspecified atom stereocenters. The third kappa shape index (κ3) is 4.77. The van der Waals surface area contributed by atoms with Crippen LogP contribution in [0.5, 0.6) is 11.5 Å². The van der Waals surface area contributed by atoms with Gasteiger partial charge in [-0.05, 0) is 49.4 Å². The minimum absolute atomic E-state index is 0.0219. The Balaban J connectivity index is 1.90. The smallest absolute Gasteiger partial charge is 0.277 e. The van der Waals surface area contributed by atoms with Crippen molar-refractivity contribution in [1.29, 1.82) is 0 Å². The van der Waals surface area contributed by atoms with Gasteiger partial charge in [0.1, 0.15) is 23.1 Å². The van der Waals surface area contributed by atoms with Crippen LogP contribution in [-0.2, 0) is 4.79 Å². The van der Waals surface area contributed by atoms with E-state index in [1.54, 1.807) is 31.4 Å². The molecule has 1 amide bonds. The van der Waals surface area contributed by atoms with Crippen LogP contribution >= 0.6 is 0 Å². The van der Waals surface area contributed by atoms with E-state index in [4.69, 9.17) is 9.47 Å². The first-order valence-corrected chi connectivity index (χ1v) is 7.05. The van der Waals surface area contributed by atoms with Crippen LogP contribution in [0.25, 0.3) is 0 Å². The Bertz CT molecular complexity index is 746. The molecular formula is C17H16F2N2O3. The standard InChI is InChI=1S/C17H16F2N2O3/c1-11(15-9-12(18)3-8-16(15)19)20-21-17(22)10-24-14-6-4-13(23-2)5-7-14/h3-9H,10H2,1-2H3,(H,21,22)/b20-11-. The molecule has 0 saturated carbocycles. The van der Waals surface area contributed by atoms with E-state index in [1.165, 1.54) is 6.92 Å². The summed E-state index contributed by atoms with van der Waals surface area (Å²) in [5.41, 5.74) is 2.35. The van der Waals surface area contributed by atoms with Crippen molar-refractivity contribution in [2.45, 2.75) is 6.92 Å². The Morgan fingerprint density at radius 1 is 1.12 bits per heavy atom. The Labute approximate surface area is 137 Å². The van der Waals surface area contributed by atoms with Gasteiger partial charge in [0.05, 0.1) is 12.8 Å². The minimum Gasteiger partial charge on any atom is -0.497 e. The number of hydrogen-bond donors (Lipinski definition) is 1. The van der Waals surface area contributed by atoms with E-state index in [9.17, 15) is 13.6 Å². The van der Waals surface area contributed by atoms with Crippen LogP contribution < -0.4 is 14.9 Å². The summed E-state index contributed by atoms with van der Waals surface area (Å²) in [4.78, 5) is 11.7. The molecule has 2 aromatic rings. The summed E-state index contributed by atoms with van der Waals surface area (Å²) in [6, 6.07) is 9.72. The maximum atomic E-state index is 13.6. The molecule has 5 nitrogen and oxygen atoms in total. The molecular weight excluding hydrogens is 318 g/mol. The zero-order chi connectivity index (χ0) is 17.5. The van der Waals surface area contributed by atoms with Crippen molar-refractivity contribution >= 4 is 11.6 Å². The molecule has 0 spiro atoms. The van der Waals surface area contributed by atoms with Gasteiger partial charge in [-0.1, -0.05) is 0 Å². The lowest BCUT2D eigenvalue weighted by Crippen LogP contribution is -2.25. The minimum atomic E-state index is -0.624. The lowest BCUT2D eigenvalue weighted by Gasteiger charge is -2.07. The number of hydrazone groups is 1. The van der Waals surface area contributed by atoms with Gasteiger partial charge in [0, 0.05) is 5.56 Å². The Morgan fingerprint density at radius 3 is 2.46 bits per heavy atom. The molecule has 0 aliphatic carbocycles. The third-order valence-corrected chi connectivity index (χ3v) is 3.10. The van der Waals surface area contributed by atoms with Gasteiger partial charge in [-0.15, -0.1) is 0 Å². The number of methoxy groups -OCH3 is 1. The number of hydrogen-bond acceptors (Lipinski definition) is 4. The van der Waals surface area contributed by atoms with Crippen LogP contribution in [0.15, 0.2) is 47.6 Å². The first-order valence-electron chi connectivity index (χ1n) is 7.05. The van der Waals surface area contributed by atoms with Gasteiger partial charge in [-0.2, -0.15) is 5.10 Å². The molecule has 0 aliphatic rings. The molecule has 0 aliphatic heterocycles. The molecule has 0 radical (unpaired) electrons. The number of amides is 1. The second-order valence-corrected chi connectivity index (χ2v) is 4.82. The molecule has 0 heterocycles. The van der Waals surface area contributed by atoms with Crippen molar-refractivity contribution < 1.29 is 23.0 Å². The van der Waals surface area contributed by atoms with Crippen molar-refractivity contribution in [1.82, 2.24) is 5.43 Å². The molecule has 0 atom stereocenters. The van der Waals surface area contributed by atoms with Crippen molar-refractivity contribution in [3.63, 3.8) is 0 Å². The number of nitrogens with zero attached hydrogens (tertiary/aromatic N) is 1. The predicted molar refractivity (Wildman–Crippen MR) is 85.2 cm³/mol. The van der Waals surface area contributed by atoms with Crippen LogP contribution in [0, 0.1) is 11.6 Å². The number of carbonyl (C=O) groups excluding carboxylic acids is 1. The third-order valence-electron chi connectivity index (χ3n) is 3.10. The number of nitrogens with one attached hydrogen (secondary N) is 1. The number of ether oxygens (including phenoxy) is 2. The van der Waals surface area contributed by atoms with Crippen molar-refractivity contribution in [3.05, 3.63) is 59.7 Å². The molecule has 24 heavy (non-hydrogen) atoms. The monoisotopic (exact) mass is 334 g/mol. The van der Waals surface area contributed by atoms with Crippen LogP contribution in [-0.4, -0.2) is 25.3 Å². The number of benzene rings is 2. The van der Waals surface area contributed by atoms with E-state index in [-0.39, 0.29) is 17.9 Å². The van der Waals surface area contributed by atoms with Crippen molar-refractivity contribution in [3.8, 4) is 11.5 Å². The fourth-order valence-electron chi connectivity index (χ4n) is 1.83. The van der Waals surface area contributed by atoms with Crippen LogP contribution in [0.1, 0.15) is 12.5 Å². The largest absolute Gasteiger partial charge is 0.497 e. The van der Waals surface area contributed by atoms with Gasteiger partial charge in [0.25, 0.3) is 5.91 Å². The Hall–Kier alpha value is -2.96. The molecule has 2 aromatic carbocycles. The first-order chi connectivity index (χ1) is 11.5. The van der Waals surface area contributed by atoms with Gasteiger partial charge >= 0.3 is 0 Å². The summed E-state index contributed by atoms with van der Waals surface area (Å²) in [7, 11) is 1.55. The van der Waals surface area contributed by atoms with Gasteiger partial charge in [-0.25, -0.2) is 14.2 Å². The normalized spacial score (nSPS) is 11.1. The molecule has 1 N–H and O–H groups in total. The van der Waals surface area contributed by atoms with Crippen LogP contribution in [0.4, 0.5) is 8.78 Å². The maximum absolute atomic E-state index is 13.6. The summed E-state index contributed by atoms with van der Waals surface area (Å²) in [6.45, 7) is 1.19. The second-order valence-electron chi connectivity index (χ2n) is 4.82. The topological polar surface area (TPSA) is 59.9 Å². The van der Waals surface area contributed by atoms with E-state index >= 15 is 0 Å². The average molecular weight is 334 g/mol. The Kier molecular flexibility index (Phi) is 5.83. The average Bonchev–Trinajstić information content (AvgIpc) is 2.60. The summed E-state index contributed by atoms with van der Waals surface area (Å²) < 4.78 is 37.0. The molecule has 0 fully saturated rings. The van der Waals surface area contributed by atoms with Crippen LogP contribution in [0.3, 0.4) is 0 Å². The number of halogens is 2. The fourth-order valence-corrected chi connectivity index (χ4v) is 1.83. The van der Waals surface area contributed by atoms with E-state index < -0.39 is 17.5 Å². The summed E-state index contributed by atoms with van der Waals surface area (Å²) in [5.74, 6) is -0.578. The number of carbonyl (C=O) groups is 1. The van der Waals surface area contributed by atoms with Gasteiger partial charge < -0.3 is 9.47 Å². The van der Waals surface area contributed by atoms with E-state index in [2.05, 4.69) is 10.5 Å². The Morgan fingerprint density at radius 2 is 1.79 bits per heavy atom. The summed E-state index contributed by atoms with van der Waals surface area (Å²) in [6.07, 6.45) is 0. The highest BCUT2D eigenvalue weighted by Gasteiger charge is 2.08. The second kappa shape index (κ2) is 8.05. The first kappa shape index (κ1) is 17.4. The maximum Gasteiger partial charge on any atom is 0.277 e. The highest BCUT2D eigenvalue weighted by Crippen LogP contribution is 2.16. The zero-order valence-corrected chi connectivity index (χ0v) is 13.2. The quantitative estimate of drug-likeness (QED) is 0.653.